The first-order valence-corrected chi connectivity index (χ1v) is 6.24. The molecule has 1 atom stereocenters. The van der Waals surface area contributed by atoms with Gasteiger partial charge in [-0.3, -0.25) is 0 Å². The van der Waals surface area contributed by atoms with Crippen LogP contribution in [0.1, 0.15) is 38.3 Å². The van der Waals surface area contributed by atoms with Gasteiger partial charge in [-0.1, -0.05) is 25.5 Å². The van der Waals surface area contributed by atoms with Crippen LogP contribution in [0.4, 0.5) is 4.79 Å². The highest BCUT2D eigenvalue weighted by molar-refractivity contribution is 5.67. The highest BCUT2D eigenvalue weighted by atomic mass is 16.5. The Bertz CT molecular complexity index is 362. The molecule has 4 nitrogen and oxygen atoms in total. The van der Waals surface area contributed by atoms with Crippen molar-refractivity contribution in [2.24, 2.45) is 0 Å². The molecule has 100 valence electrons. The number of carbonyl (C=O) groups is 1. The van der Waals surface area contributed by atoms with Gasteiger partial charge in [-0.05, 0) is 31.0 Å². The highest BCUT2D eigenvalue weighted by Gasteiger charge is 2.10. The Labute approximate surface area is 108 Å². The Morgan fingerprint density at radius 3 is 2.56 bits per heavy atom. The van der Waals surface area contributed by atoms with E-state index in [9.17, 15) is 4.79 Å². The van der Waals surface area contributed by atoms with Gasteiger partial charge in [0.1, 0.15) is 5.75 Å². The van der Waals surface area contributed by atoms with Crippen LogP contribution in [-0.2, 0) is 4.74 Å². The van der Waals surface area contributed by atoms with Crippen molar-refractivity contribution >= 4 is 6.09 Å². The maximum absolute atomic E-state index is 11.5. The molecule has 0 spiro atoms. The molecular weight excluding hydrogens is 230 g/mol. The van der Waals surface area contributed by atoms with Gasteiger partial charge in [-0.2, -0.15) is 0 Å². The van der Waals surface area contributed by atoms with Crippen LogP contribution >= 0.6 is 0 Å². The van der Waals surface area contributed by atoms with Crippen molar-refractivity contribution in [2.75, 3.05) is 13.7 Å². The van der Waals surface area contributed by atoms with Crippen LogP contribution in [0.15, 0.2) is 24.3 Å². The number of amides is 1. The molecule has 1 N–H and O–H groups in total. The molecule has 0 fully saturated rings. The summed E-state index contributed by atoms with van der Waals surface area (Å²) < 4.78 is 10.1. The fourth-order valence-electron chi connectivity index (χ4n) is 1.50. The normalized spacial score (nSPS) is 11.7. The van der Waals surface area contributed by atoms with Gasteiger partial charge >= 0.3 is 6.09 Å². The van der Waals surface area contributed by atoms with Crippen LogP contribution in [0.3, 0.4) is 0 Å². The van der Waals surface area contributed by atoms with Gasteiger partial charge in [-0.15, -0.1) is 0 Å². The second-order valence-electron chi connectivity index (χ2n) is 4.13. The molecule has 0 aromatic heterocycles. The number of methoxy groups -OCH3 is 1. The Morgan fingerprint density at radius 2 is 2.00 bits per heavy atom. The lowest BCUT2D eigenvalue weighted by atomic mass is 10.1. The number of nitrogens with one attached hydrogen (secondary N) is 1. The summed E-state index contributed by atoms with van der Waals surface area (Å²) in [5.41, 5.74) is 1.02. The number of ether oxygens (including phenoxy) is 2. The molecule has 1 aromatic rings. The number of rotatable bonds is 6. The van der Waals surface area contributed by atoms with E-state index in [0.717, 1.165) is 24.2 Å². The summed E-state index contributed by atoms with van der Waals surface area (Å²) in [5, 5.41) is 2.79. The number of carbonyl (C=O) groups excluding carboxylic acids is 1. The molecule has 0 saturated heterocycles. The average Bonchev–Trinajstić information content (AvgIpc) is 2.39. The molecule has 0 radical (unpaired) electrons. The van der Waals surface area contributed by atoms with Crippen molar-refractivity contribution in [1.82, 2.24) is 5.32 Å². The third kappa shape index (κ3) is 4.65. The Kier molecular flexibility index (Phi) is 6.05. The van der Waals surface area contributed by atoms with Gasteiger partial charge in [0.2, 0.25) is 0 Å². The molecule has 1 rings (SSSR count). The van der Waals surface area contributed by atoms with Crippen molar-refractivity contribution in [2.45, 2.75) is 32.7 Å². The molecule has 0 saturated carbocycles. The number of unbranched alkanes of at least 4 members (excludes halogenated alkanes) is 1. The molecular formula is C14H21NO3. The van der Waals surface area contributed by atoms with E-state index in [1.54, 1.807) is 7.11 Å². The first kappa shape index (κ1) is 14.4. The fourth-order valence-corrected chi connectivity index (χ4v) is 1.50. The third-order valence-electron chi connectivity index (χ3n) is 2.68. The summed E-state index contributed by atoms with van der Waals surface area (Å²) in [6.45, 7) is 4.45. The molecule has 0 bridgehead atoms. The first-order valence-electron chi connectivity index (χ1n) is 6.24. The summed E-state index contributed by atoms with van der Waals surface area (Å²) in [5.74, 6) is 0.802. The van der Waals surface area contributed by atoms with E-state index in [0.29, 0.717) is 6.61 Å². The van der Waals surface area contributed by atoms with Gasteiger partial charge in [0.15, 0.2) is 0 Å². The van der Waals surface area contributed by atoms with Crippen molar-refractivity contribution < 1.29 is 14.3 Å². The summed E-state index contributed by atoms with van der Waals surface area (Å²) in [6, 6.07) is 7.52. The molecule has 0 unspecified atom stereocenters. The zero-order valence-electron chi connectivity index (χ0n) is 11.2. The molecule has 18 heavy (non-hydrogen) atoms. The highest BCUT2D eigenvalue weighted by Crippen LogP contribution is 2.17. The molecule has 4 heteroatoms. The zero-order chi connectivity index (χ0) is 13.4. The van der Waals surface area contributed by atoms with E-state index in [1.165, 1.54) is 0 Å². The minimum atomic E-state index is -0.369. The Hall–Kier alpha value is -1.71. The largest absolute Gasteiger partial charge is 0.497 e. The van der Waals surface area contributed by atoms with Crippen molar-refractivity contribution in [1.29, 1.82) is 0 Å². The van der Waals surface area contributed by atoms with Gasteiger partial charge in [-0.25, -0.2) is 4.79 Å². The van der Waals surface area contributed by atoms with Crippen LogP contribution in [0, 0.1) is 0 Å². The van der Waals surface area contributed by atoms with Crippen LogP contribution < -0.4 is 10.1 Å². The number of hydrogen-bond acceptors (Lipinski definition) is 3. The van der Waals surface area contributed by atoms with E-state index < -0.39 is 0 Å². The number of hydrogen-bond donors (Lipinski definition) is 1. The van der Waals surface area contributed by atoms with Crippen molar-refractivity contribution in [3.05, 3.63) is 29.8 Å². The number of benzene rings is 1. The standard InChI is InChI=1S/C14H21NO3/c1-4-5-10-18-14(16)15-11(2)12-6-8-13(17-3)9-7-12/h6-9,11H,4-5,10H2,1-3H3,(H,15,16)/t11-/m1/s1. The molecule has 1 amide bonds. The monoisotopic (exact) mass is 251 g/mol. The second-order valence-corrected chi connectivity index (χ2v) is 4.13. The Balaban J connectivity index is 2.43. The zero-order valence-corrected chi connectivity index (χ0v) is 11.2. The molecule has 0 aliphatic rings. The first-order chi connectivity index (χ1) is 8.67. The topological polar surface area (TPSA) is 47.6 Å². The van der Waals surface area contributed by atoms with E-state index in [-0.39, 0.29) is 12.1 Å². The molecule has 0 aliphatic heterocycles. The van der Waals surface area contributed by atoms with Gasteiger partial charge in [0, 0.05) is 0 Å². The molecule has 1 aromatic carbocycles. The maximum atomic E-state index is 11.5. The maximum Gasteiger partial charge on any atom is 0.407 e. The minimum absolute atomic E-state index is 0.0787. The fraction of sp³-hybridized carbons (Fsp3) is 0.500. The van der Waals surface area contributed by atoms with Crippen molar-refractivity contribution in [3.63, 3.8) is 0 Å². The summed E-state index contributed by atoms with van der Waals surface area (Å²) in [4.78, 5) is 11.5. The van der Waals surface area contributed by atoms with Crippen LogP contribution in [-0.4, -0.2) is 19.8 Å². The lowest BCUT2D eigenvalue weighted by Crippen LogP contribution is -2.27. The van der Waals surface area contributed by atoms with Crippen LogP contribution in [0.2, 0.25) is 0 Å². The molecule has 0 heterocycles. The van der Waals surface area contributed by atoms with E-state index in [1.807, 2.05) is 31.2 Å². The van der Waals surface area contributed by atoms with Crippen LogP contribution in [0.25, 0.3) is 0 Å². The smallest absolute Gasteiger partial charge is 0.407 e. The van der Waals surface area contributed by atoms with E-state index >= 15 is 0 Å². The average molecular weight is 251 g/mol. The minimum Gasteiger partial charge on any atom is -0.497 e. The van der Waals surface area contributed by atoms with Gasteiger partial charge in [0.05, 0.1) is 19.8 Å². The van der Waals surface area contributed by atoms with E-state index in [2.05, 4.69) is 12.2 Å². The quantitative estimate of drug-likeness (QED) is 0.789. The number of alkyl carbamates (subject to hydrolysis) is 1. The van der Waals surface area contributed by atoms with Gasteiger partial charge in [0.25, 0.3) is 0 Å². The summed E-state index contributed by atoms with van der Waals surface area (Å²) in [6.07, 6.45) is 1.54. The Morgan fingerprint density at radius 1 is 1.33 bits per heavy atom. The third-order valence-corrected chi connectivity index (χ3v) is 2.68. The predicted octanol–water partition coefficient (Wildman–Crippen LogP) is 3.28. The summed E-state index contributed by atoms with van der Waals surface area (Å²) >= 11 is 0. The SMILES string of the molecule is CCCCOC(=O)N[C@H](C)c1ccc(OC)cc1. The predicted molar refractivity (Wildman–Crippen MR) is 70.8 cm³/mol. The van der Waals surface area contributed by atoms with E-state index in [4.69, 9.17) is 9.47 Å². The van der Waals surface area contributed by atoms with Crippen LogP contribution in [0.5, 0.6) is 5.75 Å². The van der Waals surface area contributed by atoms with Gasteiger partial charge < -0.3 is 14.8 Å². The van der Waals surface area contributed by atoms with Crippen molar-refractivity contribution in [3.8, 4) is 5.75 Å². The lowest BCUT2D eigenvalue weighted by Gasteiger charge is -2.14. The second kappa shape index (κ2) is 7.58. The summed E-state index contributed by atoms with van der Waals surface area (Å²) in [7, 11) is 1.63. The molecule has 0 aliphatic carbocycles. The lowest BCUT2D eigenvalue weighted by molar-refractivity contribution is 0.141.